The third-order valence-electron chi connectivity index (χ3n) is 2.17. The third kappa shape index (κ3) is 4.62. The molecule has 1 aromatic heterocycles. The van der Waals surface area contributed by atoms with Gasteiger partial charge >= 0.3 is 6.01 Å². The second-order valence-corrected chi connectivity index (χ2v) is 4.35. The smallest absolute Gasteiger partial charge is 0.322 e. The average molecular weight is 275 g/mol. The fraction of sp³-hybridized carbons (Fsp3) is 0.727. The fourth-order valence-corrected chi connectivity index (χ4v) is 1.54. The number of hydrogen-bond donors (Lipinski definition) is 1. The molecule has 1 aromatic rings. The van der Waals surface area contributed by atoms with Crippen LogP contribution in [-0.4, -0.2) is 45.9 Å². The highest BCUT2D eigenvalue weighted by Crippen LogP contribution is 2.16. The van der Waals surface area contributed by atoms with E-state index in [1.165, 1.54) is 0 Å². The summed E-state index contributed by atoms with van der Waals surface area (Å²) in [5, 5.41) is 8.96. The van der Waals surface area contributed by atoms with E-state index in [-0.39, 0.29) is 24.0 Å². The first-order valence-corrected chi connectivity index (χ1v) is 6.38. The van der Waals surface area contributed by atoms with Gasteiger partial charge in [-0.1, -0.05) is 0 Å². The number of nitrogens with zero attached hydrogens (tertiary/aromatic N) is 4. The van der Waals surface area contributed by atoms with Crippen molar-refractivity contribution in [2.24, 2.45) is 0 Å². The zero-order valence-corrected chi connectivity index (χ0v) is 11.7. The van der Waals surface area contributed by atoms with Crippen LogP contribution >= 0.6 is 11.6 Å². The van der Waals surface area contributed by atoms with Crippen LogP contribution in [0.5, 0.6) is 6.01 Å². The summed E-state index contributed by atoms with van der Waals surface area (Å²) in [4.78, 5) is 14.1. The Morgan fingerprint density at radius 3 is 2.61 bits per heavy atom. The minimum atomic E-state index is -0.0242. The molecule has 0 saturated carbocycles. The van der Waals surface area contributed by atoms with Crippen molar-refractivity contribution in [1.29, 1.82) is 0 Å². The molecule has 0 saturated heterocycles. The molecule has 1 N–H and O–H groups in total. The van der Waals surface area contributed by atoms with Crippen LogP contribution in [-0.2, 0) is 0 Å². The molecule has 1 rings (SSSR count). The van der Waals surface area contributed by atoms with E-state index in [9.17, 15) is 0 Å². The maximum absolute atomic E-state index is 8.86. The first kappa shape index (κ1) is 14.9. The molecule has 0 unspecified atom stereocenters. The number of aliphatic hydroxyl groups excluding tert-OH is 1. The van der Waals surface area contributed by atoms with E-state index < -0.39 is 0 Å². The van der Waals surface area contributed by atoms with E-state index in [0.717, 1.165) is 6.54 Å². The van der Waals surface area contributed by atoms with Crippen molar-refractivity contribution in [3.63, 3.8) is 0 Å². The van der Waals surface area contributed by atoms with E-state index >= 15 is 0 Å². The Labute approximate surface area is 112 Å². The Balaban J connectivity index is 2.88. The highest BCUT2D eigenvalue weighted by molar-refractivity contribution is 6.28. The summed E-state index contributed by atoms with van der Waals surface area (Å²) < 4.78 is 5.41. The zero-order chi connectivity index (χ0) is 13.5. The largest absolute Gasteiger partial charge is 0.461 e. The summed E-state index contributed by atoms with van der Waals surface area (Å²) in [5.41, 5.74) is 0. The van der Waals surface area contributed by atoms with Gasteiger partial charge in [0.05, 0.1) is 6.10 Å². The van der Waals surface area contributed by atoms with Crippen molar-refractivity contribution in [2.75, 3.05) is 24.6 Å². The molecule has 1 heterocycles. The zero-order valence-electron chi connectivity index (χ0n) is 10.9. The Hall–Kier alpha value is -1.14. The van der Waals surface area contributed by atoms with Gasteiger partial charge in [0.2, 0.25) is 11.2 Å². The summed E-state index contributed by atoms with van der Waals surface area (Å²) in [6, 6.07) is 0.224. The molecule has 0 aromatic carbocycles. The van der Waals surface area contributed by atoms with Gasteiger partial charge in [0.1, 0.15) is 0 Å². The maximum atomic E-state index is 8.86. The van der Waals surface area contributed by atoms with E-state index in [1.807, 2.05) is 25.7 Å². The fourth-order valence-electron chi connectivity index (χ4n) is 1.39. The molecular weight excluding hydrogens is 256 g/mol. The van der Waals surface area contributed by atoms with Crippen LogP contribution in [0.3, 0.4) is 0 Å². The van der Waals surface area contributed by atoms with Gasteiger partial charge in [0.25, 0.3) is 0 Å². The number of aromatic nitrogens is 3. The van der Waals surface area contributed by atoms with Gasteiger partial charge in [-0.3, -0.25) is 0 Å². The number of ether oxygens (including phenoxy) is 1. The highest BCUT2D eigenvalue weighted by Gasteiger charge is 2.12. The molecule has 0 aliphatic rings. The molecule has 0 amide bonds. The van der Waals surface area contributed by atoms with Crippen molar-refractivity contribution in [2.45, 2.75) is 33.3 Å². The number of halogens is 1. The van der Waals surface area contributed by atoms with Crippen molar-refractivity contribution < 1.29 is 9.84 Å². The predicted molar refractivity (Wildman–Crippen MR) is 70.2 cm³/mol. The average Bonchev–Trinajstić information content (AvgIpc) is 2.28. The molecule has 0 fully saturated rings. The standard InChI is InChI=1S/C11H19ClN4O2/c1-4-16(6-5-7-17)10-13-9(12)14-11(15-10)18-8(2)3/h8,17H,4-7H2,1-3H3. The molecule has 0 bridgehead atoms. The van der Waals surface area contributed by atoms with Gasteiger partial charge in [-0.15, -0.1) is 0 Å². The maximum Gasteiger partial charge on any atom is 0.322 e. The van der Waals surface area contributed by atoms with Gasteiger partial charge in [-0.2, -0.15) is 15.0 Å². The van der Waals surface area contributed by atoms with Crippen molar-refractivity contribution in [3.05, 3.63) is 5.28 Å². The van der Waals surface area contributed by atoms with Crippen LogP contribution in [0, 0.1) is 0 Å². The quantitative estimate of drug-likeness (QED) is 0.813. The van der Waals surface area contributed by atoms with Crippen molar-refractivity contribution >= 4 is 17.5 Å². The lowest BCUT2D eigenvalue weighted by molar-refractivity contribution is 0.221. The predicted octanol–water partition coefficient (Wildman–Crippen LogP) is 1.52. The lowest BCUT2D eigenvalue weighted by atomic mass is 10.4. The summed E-state index contributed by atoms with van der Waals surface area (Å²) >= 11 is 5.85. The second-order valence-electron chi connectivity index (χ2n) is 4.01. The van der Waals surface area contributed by atoms with Gasteiger partial charge < -0.3 is 14.7 Å². The first-order valence-electron chi connectivity index (χ1n) is 6.00. The normalized spacial score (nSPS) is 10.8. The van der Waals surface area contributed by atoms with E-state index in [0.29, 0.717) is 18.9 Å². The van der Waals surface area contributed by atoms with Crippen LogP contribution in [0.15, 0.2) is 0 Å². The lowest BCUT2D eigenvalue weighted by Crippen LogP contribution is -2.27. The molecule has 0 aliphatic carbocycles. The summed E-state index contributed by atoms with van der Waals surface area (Å²) in [6.45, 7) is 7.28. The number of hydrogen-bond acceptors (Lipinski definition) is 6. The molecule has 0 atom stereocenters. The Bertz CT molecular complexity index is 376. The Morgan fingerprint density at radius 2 is 2.06 bits per heavy atom. The number of rotatable bonds is 7. The van der Waals surface area contributed by atoms with Crippen molar-refractivity contribution in [1.82, 2.24) is 15.0 Å². The van der Waals surface area contributed by atoms with Crippen molar-refractivity contribution in [3.8, 4) is 6.01 Å². The van der Waals surface area contributed by atoms with Gasteiger partial charge in [0.15, 0.2) is 0 Å². The monoisotopic (exact) mass is 274 g/mol. The number of anilines is 1. The van der Waals surface area contributed by atoms with Crippen LogP contribution in [0.1, 0.15) is 27.2 Å². The molecule has 18 heavy (non-hydrogen) atoms. The van der Waals surface area contributed by atoms with Crippen LogP contribution in [0.25, 0.3) is 0 Å². The summed E-state index contributed by atoms with van der Waals surface area (Å²) in [5.74, 6) is 0.474. The Kier molecular flexibility index (Phi) is 6.07. The van der Waals surface area contributed by atoms with Crippen LogP contribution in [0.2, 0.25) is 5.28 Å². The second kappa shape index (κ2) is 7.33. The van der Waals surface area contributed by atoms with E-state index in [2.05, 4.69) is 15.0 Å². The van der Waals surface area contributed by atoms with Gasteiger partial charge in [-0.25, -0.2) is 0 Å². The molecule has 102 valence electrons. The molecule has 0 spiro atoms. The number of aliphatic hydroxyl groups is 1. The summed E-state index contributed by atoms with van der Waals surface area (Å²) in [7, 11) is 0. The SMILES string of the molecule is CCN(CCCO)c1nc(Cl)nc(OC(C)C)n1. The topological polar surface area (TPSA) is 71.4 Å². The molecule has 7 heteroatoms. The Morgan fingerprint density at radius 1 is 1.33 bits per heavy atom. The van der Waals surface area contributed by atoms with Crippen LogP contribution < -0.4 is 9.64 Å². The minimum absolute atomic E-state index is 0.0242. The molecule has 0 aliphatic heterocycles. The molecule has 6 nitrogen and oxygen atoms in total. The molecule has 0 radical (unpaired) electrons. The third-order valence-corrected chi connectivity index (χ3v) is 2.34. The minimum Gasteiger partial charge on any atom is -0.461 e. The van der Waals surface area contributed by atoms with E-state index in [1.54, 1.807) is 0 Å². The van der Waals surface area contributed by atoms with Gasteiger partial charge in [-0.05, 0) is 38.8 Å². The van der Waals surface area contributed by atoms with Gasteiger partial charge in [0, 0.05) is 19.7 Å². The van der Waals surface area contributed by atoms with E-state index in [4.69, 9.17) is 21.4 Å². The lowest BCUT2D eigenvalue weighted by Gasteiger charge is -2.20. The summed E-state index contributed by atoms with van der Waals surface area (Å²) in [6.07, 6.45) is 0.626. The van der Waals surface area contributed by atoms with Crippen LogP contribution in [0.4, 0.5) is 5.95 Å². The molecular formula is C11H19ClN4O2. The highest BCUT2D eigenvalue weighted by atomic mass is 35.5. The first-order chi connectivity index (χ1) is 8.56.